The van der Waals surface area contributed by atoms with E-state index in [2.05, 4.69) is 34.5 Å². The number of nitrogens with one attached hydrogen (secondary N) is 1. The van der Waals surface area contributed by atoms with E-state index < -0.39 is 0 Å². The van der Waals surface area contributed by atoms with Crippen LogP contribution >= 0.6 is 0 Å². The van der Waals surface area contributed by atoms with E-state index in [0.29, 0.717) is 0 Å². The van der Waals surface area contributed by atoms with Crippen molar-refractivity contribution in [3.8, 4) is 0 Å². The highest BCUT2D eigenvalue weighted by molar-refractivity contribution is 5.23. The summed E-state index contributed by atoms with van der Waals surface area (Å²) in [4.78, 5) is 2.55. The third kappa shape index (κ3) is 3.78. The van der Waals surface area contributed by atoms with Gasteiger partial charge in [0.15, 0.2) is 0 Å². The van der Waals surface area contributed by atoms with Crippen LogP contribution in [-0.4, -0.2) is 50.8 Å². The highest BCUT2D eigenvalue weighted by Gasteiger charge is 2.18. The Balaban J connectivity index is 1.45. The lowest BCUT2D eigenvalue weighted by Gasteiger charge is -2.27. The van der Waals surface area contributed by atoms with Crippen LogP contribution in [0.25, 0.3) is 0 Å². The molecule has 0 radical (unpaired) electrons. The molecule has 1 aromatic rings. The average molecular weight is 260 g/mol. The number of benzene rings is 1. The van der Waals surface area contributed by atoms with Crippen LogP contribution in [0.3, 0.4) is 0 Å². The summed E-state index contributed by atoms with van der Waals surface area (Å²) in [6.45, 7) is 7.76. The van der Waals surface area contributed by atoms with Crippen molar-refractivity contribution >= 4 is 0 Å². The van der Waals surface area contributed by atoms with E-state index in [-0.39, 0.29) is 0 Å². The molecule has 0 amide bonds. The van der Waals surface area contributed by atoms with Crippen LogP contribution in [0.4, 0.5) is 0 Å². The number of hydrogen-bond donors (Lipinski definition) is 1. The van der Waals surface area contributed by atoms with Gasteiger partial charge in [0.2, 0.25) is 0 Å². The minimum Gasteiger partial charge on any atom is -0.381 e. The van der Waals surface area contributed by atoms with Crippen molar-refractivity contribution in [2.45, 2.75) is 12.8 Å². The predicted molar refractivity (Wildman–Crippen MR) is 77.5 cm³/mol. The van der Waals surface area contributed by atoms with Gasteiger partial charge in [0, 0.05) is 38.6 Å². The number of nitrogens with zero attached hydrogens (tertiary/aromatic N) is 1. The van der Waals surface area contributed by atoms with Gasteiger partial charge in [0.1, 0.15) is 0 Å². The topological polar surface area (TPSA) is 24.5 Å². The number of rotatable bonds is 5. The summed E-state index contributed by atoms with van der Waals surface area (Å²) in [5.41, 5.74) is 2.92. The van der Waals surface area contributed by atoms with E-state index in [9.17, 15) is 0 Å². The first-order valence-corrected chi connectivity index (χ1v) is 7.49. The van der Waals surface area contributed by atoms with Gasteiger partial charge >= 0.3 is 0 Å². The van der Waals surface area contributed by atoms with E-state index in [4.69, 9.17) is 4.74 Å². The van der Waals surface area contributed by atoms with Crippen molar-refractivity contribution in [1.82, 2.24) is 10.2 Å². The van der Waals surface area contributed by atoms with Gasteiger partial charge in [-0.15, -0.1) is 0 Å². The molecule has 2 fully saturated rings. The van der Waals surface area contributed by atoms with Crippen LogP contribution in [-0.2, 0) is 17.6 Å². The average Bonchev–Trinajstić information content (AvgIpc) is 2.43. The second-order valence-electron chi connectivity index (χ2n) is 5.77. The molecule has 0 unspecified atom stereocenters. The molecule has 3 heteroatoms. The molecule has 3 nitrogen and oxygen atoms in total. The SMILES string of the molecule is c1cc(CC2COC2)ccc1CCN1CCNCC1. The molecule has 0 aromatic heterocycles. The van der Waals surface area contributed by atoms with Gasteiger partial charge < -0.3 is 15.0 Å². The molecule has 2 saturated heterocycles. The van der Waals surface area contributed by atoms with Crippen LogP contribution in [0, 0.1) is 5.92 Å². The Bertz CT molecular complexity index is 380. The van der Waals surface area contributed by atoms with Gasteiger partial charge in [-0.25, -0.2) is 0 Å². The molecular formula is C16H24N2O. The molecule has 0 bridgehead atoms. The Labute approximate surface area is 115 Å². The zero-order valence-electron chi connectivity index (χ0n) is 11.6. The molecule has 1 N–H and O–H groups in total. The zero-order chi connectivity index (χ0) is 12.9. The minimum atomic E-state index is 0.756. The summed E-state index contributed by atoms with van der Waals surface area (Å²) in [7, 11) is 0. The maximum atomic E-state index is 5.23. The van der Waals surface area contributed by atoms with E-state index >= 15 is 0 Å². The largest absolute Gasteiger partial charge is 0.381 e. The van der Waals surface area contributed by atoms with Crippen molar-refractivity contribution in [2.75, 3.05) is 45.9 Å². The maximum absolute atomic E-state index is 5.23. The maximum Gasteiger partial charge on any atom is 0.0519 e. The summed E-state index contributed by atoms with van der Waals surface area (Å²) in [5.74, 6) is 0.756. The molecule has 0 atom stereocenters. The van der Waals surface area contributed by atoms with Crippen molar-refractivity contribution in [3.05, 3.63) is 35.4 Å². The minimum absolute atomic E-state index is 0.756. The monoisotopic (exact) mass is 260 g/mol. The van der Waals surface area contributed by atoms with Gasteiger partial charge in [-0.2, -0.15) is 0 Å². The summed E-state index contributed by atoms with van der Waals surface area (Å²) in [6.07, 6.45) is 2.35. The van der Waals surface area contributed by atoms with Gasteiger partial charge in [-0.05, 0) is 24.0 Å². The fraction of sp³-hybridized carbons (Fsp3) is 0.625. The van der Waals surface area contributed by atoms with Gasteiger partial charge in [0.05, 0.1) is 13.2 Å². The van der Waals surface area contributed by atoms with E-state index in [0.717, 1.165) is 32.2 Å². The number of ether oxygens (including phenoxy) is 1. The predicted octanol–water partition coefficient (Wildman–Crippen LogP) is 1.32. The molecule has 2 heterocycles. The smallest absolute Gasteiger partial charge is 0.0519 e. The number of hydrogen-bond acceptors (Lipinski definition) is 3. The third-order valence-corrected chi connectivity index (χ3v) is 4.18. The Morgan fingerprint density at radius 1 is 1.05 bits per heavy atom. The first kappa shape index (κ1) is 13.1. The lowest BCUT2D eigenvalue weighted by atomic mass is 9.97. The van der Waals surface area contributed by atoms with E-state index in [1.165, 1.54) is 43.6 Å². The summed E-state index contributed by atoms with van der Waals surface area (Å²) < 4.78 is 5.23. The second kappa shape index (κ2) is 6.51. The van der Waals surface area contributed by atoms with Crippen LogP contribution in [0.2, 0.25) is 0 Å². The van der Waals surface area contributed by atoms with Gasteiger partial charge in [-0.3, -0.25) is 0 Å². The molecule has 0 spiro atoms. The molecule has 19 heavy (non-hydrogen) atoms. The quantitative estimate of drug-likeness (QED) is 0.864. The van der Waals surface area contributed by atoms with Crippen molar-refractivity contribution in [2.24, 2.45) is 5.92 Å². The Kier molecular flexibility index (Phi) is 4.49. The lowest BCUT2D eigenvalue weighted by Crippen LogP contribution is -2.44. The number of piperazine rings is 1. The highest BCUT2D eigenvalue weighted by atomic mass is 16.5. The Morgan fingerprint density at radius 2 is 1.74 bits per heavy atom. The molecule has 0 saturated carbocycles. The standard InChI is InChI=1S/C16H24N2O/c1-3-15(11-16-12-19-13-16)4-2-14(1)5-8-18-9-6-17-7-10-18/h1-4,16-17H,5-13H2. The molecule has 0 aliphatic carbocycles. The Morgan fingerprint density at radius 3 is 2.37 bits per heavy atom. The first-order chi connectivity index (χ1) is 9.40. The fourth-order valence-electron chi connectivity index (χ4n) is 2.80. The van der Waals surface area contributed by atoms with E-state index in [1.807, 2.05) is 0 Å². The van der Waals surface area contributed by atoms with Crippen molar-refractivity contribution in [3.63, 3.8) is 0 Å². The lowest BCUT2D eigenvalue weighted by molar-refractivity contribution is -0.0312. The molecule has 3 rings (SSSR count). The van der Waals surface area contributed by atoms with Crippen LogP contribution in [0.1, 0.15) is 11.1 Å². The normalized spacial score (nSPS) is 21.3. The second-order valence-corrected chi connectivity index (χ2v) is 5.77. The molecule has 2 aliphatic heterocycles. The van der Waals surface area contributed by atoms with Crippen molar-refractivity contribution in [1.29, 1.82) is 0 Å². The third-order valence-electron chi connectivity index (χ3n) is 4.18. The van der Waals surface area contributed by atoms with Crippen LogP contribution in [0.5, 0.6) is 0 Å². The van der Waals surface area contributed by atoms with Gasteiger partial charge in [-0.1, -0.05) is 24.3 Å². The Hall–Kier alpha value is -0.900. The molecular weight excluding hydrogens is 236 g/mol. The fourth-order valence-corrected chi connectivity index (χ4v) is 2.80. The summed E-state index contributed by atoms with van der Waals surface area (Å²) in [6, 6.07) is 9.20. The molecule has 104 valence electrons. The molecule has 2 aliphatic rings. The van der Waals surface area contributed by atoms with Crippen LogP contribution < -0.4 is 5.32 Å². The van der Waals surface area contributed by atoms with Crippen molar-refractivity contribution < 1.29 is 4.74 Å². The molecule has 1 aromatic carbocycles. The summed E-state index contributed by atoms with van der Waals surface area (Å²) >= 11 is 0. The summed E-state index contributed by atoms with van der Waals surface area (Å²) in [5, 5.41) is 3.40. The van der Waals surface area contributed by atoms with E-state index in [1.54, 1.807) is 0 Å². The first-order valence-electron chi connectivity index (χ1n) is 7.49. The van der Waals surface area contributed by atoms with Gasteiger partial charge in [0.25, 0.3) is 0 Å². The highest BCUT2D eigenvalue weighted by Crippen LogP contribution is 2.17. The zero-order valence-corrected chi connectivity index (χ0v) is 11.6. The van der Waals surface area contributed by atoms with Crippen LogP contribution in [0.15, 0.2) is 24.3 Å².